The Bertz CT molecular complexity index is 526. The molecule has 0 aliphatic rings. The minimum Gasteiger partial charge on any atom is -0.444 e. The molecule has 134 valence electrons. The molecule has 0 spiro atoms. The highest BCUT2D eigenvalue weighted by Gasteiger charge is 2.16. The third kappa shape index (κ3) is 8.44. The largest absolute Gasteiger partial charge is 0.444 e. The molecule has 0 fully saturated rings. The van der Waals surface area contributed by atoms with Crippen LogP contribution in [0.1, 0.15) is 31.3 Å². The lowest BCUT2D eigenvalue weighted by Crippen LogP contribution is -2.28. The summed E-state index contributed by atoms with van der Waals surface area (Å²) in [6.07, 6.45) is 0.822. The van der Waals surface area contributed by atoms with Crippen molar-refractivity contribution in [3.63, 3.8) is 0 Å². The van der Waals surface area contributed by atoms with Crippen LogP contribution in [-0.4, -0.2) is 56.1 Å². The summed E-state index contributed by atoms with van der Waals surface area (Å²) >= 11 is 0. The summed E-state index contributed by atoms with van der Waals surface area (Å²) in [4.78, 5) is 27.5. The molecule has 1 aromatic heterocycles. The number of nitrogens with one attached hydrogen (secondary N) is 2. The fourth-order valence-corrected chi connectivity index (χ4v) is 1.60. The van der Waals surface area contributed by atoms with E-state index in [9.17, 15) is 9.59 Å². The predicted octanol–water partition coefficient (Wildman–Crippen LogP) is 1.82. The fraction of sp³-hybridized carbons (Fsp3) is 0.562. The molecule has 0 unspecified atom stereocenters. The molecule has 8 heteroatoms. The van der Waals surface area contributed by atoms with Gasteiger partial charge in [0.2, 0.25) is 0 Å². The molecule has 1 heterocycles. The Morgan fingerprint density at radius 1 is 1.17 bits per heavy atom. The van der Waals surface area contributed by atoms with Crippen molar-refractivity contribution in [3.8, 4) is 0 Å². The molecule has 0 aliphatic heterocycles. The Kier molecular flexibility index (Phi) is 8.14. The number of rotatable bonds is 8. The Morgan fingerprint density at radius 2 is 1.92 bits per heavy atom. The quantitative estimate of drug-likeness (QED) is 0.701. The zero-order valence-corrected chi connectivity index (χ0v) is 14.5. The van der Waals surface area contributed by atoms with Crippen molar-refractivity contribution in [2.75, 3.05) is 38.8 Å². The normalized spacial score (nSPS) is 11.0. The summed E-state index contributed by atoms with van der Waals surface area (Å²) < 4.78 is 15.2. The number of hydrogen-bond donors (Lipinski definition) is 2. The van der Waals surface area contributed by atoms with Crippen LogP contribution in [0, 0.1) is 0 Å². The maximum absolute atomic E-state index is 11.9. The van der Waals surface area contributed by atoms with Crippen LogP contribution in [0.3, 0.4) is 0 Å². The molecule has 0 aliphatic carbocycles. The van der Waals surface area contributed by atoms with Gasteiger partial charge in [-0.3, -0.25) is 10.1 Å². The zero-order chi connectivity index (χ0) is 18.0. The second-order valence-corrected chi connectivity index (χ2v) is 5.92. The molecule has 1 rings (SSSR count). The maximum atomic E-state index is 11.9. The van der Waals surface area contributed by atoms with Crippen molar-refractivity contribution < 1.29 is 23.8 Å². The lowest BCUT2D eigenvalue weighted by Gasteiger charge is -2.19. The molecule has 2 amide bonds. The van der Waals surface area contributed by atoms with E-state index in [2.05, 4.69) is 15.6 Å². The van der Waals surface area contributed by atoms with Crippen LogP contribution in [0.25, 0.3) is 0 Å². The number of amides is 2. The summed E-state index contributed by atoms with van der Waals surface area (Å²) in [7, 11) is 1.60. The second kappa shape index (κ2) is 9.84. The van der Waals surface area contributed by atoms with Crippen molar-refractivity contribution in [2.24, 2.45) is 0 Å². The predicted molar refractivity (Wildman–Crippen MR) is 89.1 cm³/mol. The number of nitrogens with zero attached hydrogens (tertiary/aromatic N) is 1. The van der Waals surface area contributed by atoms with E-state index < -0.39 is 11.7 Å². The highest BCUT2D eigenvalue weighted by molar-refractivity contribution is 5.93. The molecular weight excluding hydrogens is 314 g/mol. The molecule has 0 atom stereocenters. The van der Waals surface area contributed by atoms with Crippen molar-refractivity contribution in [3.05, 3.63) is 24.0 Å². The molecule has 8 nitrogen and oxygen atoms in total. The highest BCUT2D eigenvalue weighted by Crippen LogP contribution is 2.11. The van der Waals surface area contributed by atoms with Gasteiger partial charge in [0, 0.05) is 13.7 Å². The smallest absolute Gasteiger partial charge is 0.412 e. The van der Waals surface area contributed by atoms with E-state index in [0.717, 1.165) is 0 Å². The average Bonchev–Trinajstić information content (AvgIpc) is 2.49. The van der Waals surface area contributed by atoms with Crippen molar-refractivity contribution in [1.82, 2.24) is 10.3 Å². The first-order chi connectivity index (χ1) is 11.3. The molecule has 0 bridgehead atoms. The number of aromatic nitrogens is 1. The Morgan fingerprint density at radius 3 is 2.50 bits per heavy atom. The molecule has 24 heavy (non-hydrogen) atoms. The van der Waals surface area contributed by atoms with E-state index >= 15 is 0 Å². The van der Waals surface area contributed by atoms with Gasteiger partial charge in [0.15, 0.2) is 0 Å². The second-order valence-electron chi connectivity index (χ2n) is 5.92. The first-order valence-corrected chi connectivity index (χ1v) is 7.63. The SMILES string of the molecule is COCCOCCNC(=O)c1ccc(NC(=O)OC(C)(C)C)cn1. The number of ether oxygens (including phenoxy) is 3. The van der Waals surface area contributed by atoms with Crippen LogP contribution in [0.15, 0.2) is 18.3 Å². The van der Waals surface area contributed by atoms with E-state index in [0.29, 0.717) is 32.1 Å². The van der Waals surface area contributed by atoms with Crippen molar-refractivity contribution in [1.29, 1.82) is 0 Å². The van der Waals surface area contributed by atoms with Crippen LogP contribution in [0.4, 0.5) is 10.5 Å². The monoisotopic (exact) mass is 339 g/mol. The summed E-state index contributed by atoms with van der Waals surface area (Å²) in [5.41, 5.74) is 0.119. The van der Waals surface area contributed by atoms with Gasteiger partial charge < -0.3 is 19.5 Å². The van der Waals surface area contributed by atoms with Crippen LogP contribution in [-0.2, 0) is 14.2 Å². The number of pyridine rings is 1. The first kappa shape index (κ1) is 19.9. The van der Waals surface area contributed by atoms with E-state index in [-0.39, 0.29) is 11.6 Å². The molecular formula is C16H25N3O5. The van der Waals surface area contributed by atoms with Crippen molar-refractivity contribution >= 4 is 17.7 Å². The van der Waals surface area contributed by atoms with Gasteiger partial charge in [-0.2, -0.15) is 0 Å². The maximum Gasteiger partial charge on any atom is 0.412 e. The molecule has 2 N–H and O–H groups in total. The summed E-state index contributed by atoms with van der Waals surface area (Å²) in [6.45, 7) is 7.10. The average molecular weight is 339 g/mol. The minimum atomic E-state index is -0.581. The lowest BCUT2D eigenvalue weighted by molar-refractivity contribution is 0.0635. The van der Waals surface area contributed by atoms with Gasteiger partial charge in [-0.25, -0.2) is 9.78 Å². The number of methoxy groups -OCH3 is 1. The number of anilines is 1. The number of hydrogen-bond acceptors (Lipinski definition) is 6. The molecule has 0 saturated carbocycles. The number of carbonyl (C=O) groups excluding carboxylic acids is 2. The Balaban J connectivity index is 2.38. The topological polar surface area (TPSA) is 98.8 Å². The highest BCUT2D eigenvalue weighted by atomic mass is 16.6. The van der Waals surface area contributed by atoms with Gasteiger partial charge in [-0.1, -0.05) is 0 Å². The van der Waals surface area contributed by atoms with Crippen LogP contribution in [0.5, 0.6) is 0 Å². The molecule has 0 aromatic carbocycles. The summed E-state index contributed by atoms with van der Waals surface area (Å²) in [5, 5.41) is 5.24. The van der Waals surface area contributed by atoms with Gasteiger partial charge in [-0.05, 0) is 32.9 Å². The number of carbonyl (C=O) groups is 2. The third-order valence-corrected chi connectivity index (χ3v) is 2.61. The van der Waals surface area contributed by atoms with Gasteiger partial charge in [0.1, 0.15) is 11.3 Å². The summed E-state index contributed by atoms with van der Waals surface area (Å²) in [6, 6.07) is 3.11. The van der Waals surface area contributed by atoms with Crippen LogP contribution in [0.2, 0.25) is 0 Å². The van der Waals surface area contributed by atoms with Gasteiger partial charge in [0.05, 0.1) is 31.7 Å². The third-order valence-electron chi connectivity index (χ3n) is 2.61. The zero-order valence-electron chi connectivity index (χ0n) is 14.5. The van der Waals surface area contributed by atoms with Crippen LogP contribution >= 0.6 is 0 Å². The Labute approximate surface area is 141 Å². The van der Waals surface area contributed by atoms with Gasteiger partial charge >= 0.3 is 6.09 Å². The minimum absolute atomic E-state index is 0.252. The van der Waals surface area contributed by atoms with E-state index in [1.807, 2.05) is 0 Å². The van der Waals surface area contributed by atoms with Crippen molar-refractivity contribution in [2.45, 2.75) is 26.4 Å². The van der Waals surface area contributed by atoms with E-state index in [4.69, 9.17) is 14.2 Å². The van der Waals surface area contributed by atoms with Gasteiger partial charge in [0.25, 0.3) is 5.91 Å². The van der Waals surface area contributed by atoms with E-state index in [1.54, 1.807) is 33.9 Å². The molecule has 0 saturated heterocycles. The fourth-order valence-electron chi connectivity index (χ4n) is 1.60. The molecule has 1 aromatic rings. The lowest BCUT2D eigenvalue weighted by atomic mass is 10.2. The van der Waals surface area contributed by atoms with Gasteiger partial charge in [-0.15, -0.1) is 0 Å². The summed E-state index contributed by atoms with van der Waals surface area (Å²) in [5.74, 6) is -0.311. The van der Waals surface area contributed by atoms with E-state index in [1.165, 1.54) is 12.3 Å². The molecule has 0 radical (unpaired) electrons. The van der Waals surface area contributed by atoms with Crippen LogP contribution < -0.4 is 10.6 Å². The Hall–Kier alpha value is -2.19. The standard InChI is InChI=1S/C16H25N3O5/c1-16(2,3)24-15(21)19-12-5-6-13(18-11-12)14(20)17-7-8-23-10-9-22-4/h5-6,11H,7-10H2,1-4H3,(H,17,20)(H,19,21). The first-order valence-electron chi connectivity index (χ1n) is 7.63.